The molecule has 0 unspecified atom stereocenters. The Morgan fingerprint density at radius 2 is 0.842 bits per heavy atom. The summed E-state index contributed by atoms with van der Waals surface area (Å²) in [5.41, 5.74) is 11.3. The summed E-state index contributed by atoms with van der Waals surface area (Å²) in [7, 11) is 0. The molecule has 0 fully saturated rings. The average molecular weight is 728 g/mol. The van der Waals surface area contributed by atoms with Crippen LogP contribution in [0.25, 0.3) is 106 Å². The molecule has 5 heteroatoms. The van der Waals surface area contributed by atoms with E-state index in [0.29, 0.717) is 17.5 Å². The molecule has 57 heavy (non-hydrogen) atoms. The Hall–Kier alpha value is -7.76. The predicted molar refractivity (Wildman–Crippen MR) is 234 cm³/mol. The average Bonchev–Trinajstić information content (AvgIpc) is 3.62. The molecule has 11 rings (SSSR count). The normalized spacial score (nSPS) is 11.5. The summed E-state index contributed by atoms with van der Waals surface area (Å²) in [4.78, 5) is 20.6. The van der Waals surface area contributed by atoms with Crippen molar-refractivity contribution in [3.05, 3.63) is 200 Å². The van der Waals surface area contributed by atoms with Crippen molar-refractivity contribution < 1.29 is 0 Å². The van der Waals surface area contributed by atoms with E-state index in [-0.39, 0.29) is 0 Å². The van der Waals surface area contributed by atoms with E-state index in [9.17, 15) is 0 Å². The Labute approximate surface area is 329 Å². The SMILES string of the molecule is c1ccc(-c2nc(-c3ccccc3)nc(-c3ccccc3-c3cccc4c5cc6c(cc5n(-c5ccccc5)c34)c(-c3ccccc3)nc3ccccc36)n2)cc1. The highest BCUT2D eigenvalue weighted by Crippen LogP contribution is 2.44. The number of nitrogens with zero attached hydrogens (tertiary/aromatic N) is 5. The van der Waals surface area contributed by atoms with E-state index in [0.717, 1.165) is 77.5 Å². The van der Waals surface area contributed by atoms with E-state index in [1.165, 1.54) is 10.8 Å². The third-order valence-corrected chi connectivity index (χ3v) is 10.8. The summed E-state index contributed by atoms with van der Waals surface area (Å²) in [5.74, 6) is 1.88. The third-order valence-electron chi connectivity index (χ3n) is 10.8. The van der Waals surface area contributed by atoms with Crippen molar-refractivity contribution in [1.29, 1.82) is 0 Å². The van der Waals surface area contributed by atoms with E-state index in [4.69, 9.17) is 19.9 Å². The zero-order valence-corrected chi connectivity index (χ0v) is 30.8. The molecular formula is C52H33N5. The number of hydrogen-bond donors (Lipinski definition) is 0. The van der Waals surface area contributed by atoms with Crippen LogP contribution >= 0.6 is 0 Å². The van der Waals surface area contributed by atoms with Crippen LogP contribution in [-0.2, 0) is 0 Å². The standard InChI is InChI=1S/C52H33N5/c1-5-18-34(19-6-1)48-45-33-47-44(32-43(45)39-27-15-16-31-46(39)53-48)41-30-17-29-40(49(41)57(47)37-24-11-4-12-25-37)38-26-13-14-28-42(38)52-55-50(35-20-7-2-8-21-35)54-51(56-52)36-22-9-3-10-23-36/h1-33H. The molecule has 0 atom stereocenters. The highest BCUT2D eigenvalue weighted by molar-refractivity contribution is 6.22. The maximum atomic E-state index is 5.28. The van der Waals surface area contributed by atoms with Gasteiger partial charge in [0.25, 0.3) is 0 Å². The van der Waals surface area contributed by atoms with Gasteiger partial charge in [-0.2, -0.15) is 0 Å². The first-order valence-electron chi connectivity index (χ1n) is 19.2. The maximum Gasteiger partial charge on any atom is 0.164 e. The first-order valence-corrected chi connectivity index (χ1v) is 19.2. The number of hydrogen-bond acceptors (Lipinski definition) is 4. The summed E-state index contributed by atoms with van der Waals surface area (Å²) in [6.07, 6.45) is 0. The lowest BCUT2D eigenvalue weighted by molar-refractivity contribution is 1.07. The number of rotatable bonds is 6. The van der Waals surface area contributed by atoms with Crippen molar-refractivity contribution in [3.8, 4) is 62.2 Å². The minimum Gasteiger partial charge on any atom is -0.309 e. The molecule has 3 heterocycles. The zero-order valence-electron chi connectivity index (χ0n) is 30.8. The topological polar surface area (TPSA) is 56.5 Å². The van der Waals surface area contributed by atoms with Gasteiger partial charge in [0.05, 0.1) is 22.2 Å². The van der Waals surface area contributed by atoms with Crippen molar-refractivity contribution in [2.75, 3.05) is 0 Å². The second-order valence-electron chi connectivity index (χ2n) is 14.2. The highest BCUT2D eigenvalue weighted by atomic mass is 15.0. The van der Waals surface area contributed by atoms with Gasteiger partial charge in [0.15, 0.2) is 17.5 Å². The fourth-order valence-electron chi connectivity index (χ4n) is 8.23. The van der Waals surface area contributed by atoms with E-state index in [1.54, 1.807) is 0 Å². The van der Waals surface area contributed by atoms with E-state index >= 15 is 0 Å². The predicted octanol–water partition coefficient (Wildman–Crippen LogP) is 13.0. The zero-order chi connectivity index (χ0) is 37.7. The summed E-state index contributed by atoms with van der Waals surface area (Å²) < 4.78 is 2.42. The Kier molecular flexibility index (Phi) is 7.74. The van der Waals surface area contributed by atoms with E-state index in [2.05, 4.69) is 144 Å². The fraction of sp³-hybridized carbons (Fsp3) is 0. The summed E-state index contributed by atoms with van der Waals surface area (Å²) >= 11 is 0. The number of para-hydroxylation sites is 3. The minimum atomic E-state index is 0.619. The molecule has 0 saturated heterocycles. The van der Waals surface area contributed by atoms with Crippen LogP contribution in [0.4, 0.5) is 0 Å². The molecule has 0 spiro atoms. The lowest BCUT2D eigenvalue weighted by Crippen LogP contribution is -2.01. The molecule has 0 amide bonds. The lowest BCUT2D eigenvalue weighted by Gasteiger charge is -2.15. The molecule has 0 radical (unpaired) electrons. The van der Waals surface area contributed by atoms with Gasteiger partial charge in [-0.05, 0) is 41.3 Å². The molecular weight excluding hydrogens is 695 g/mol. The molecule has 5 nitrogen and oxygen atoms in total. The Morgan fingerprint density at radius 1 is 0.316 bits per heavy atom. The number of aromatic nitrogens is 5. The van der Waals surface area contributed by atoms with Crippen molar-refractivity contribution in [1.82, 2.24) is 24.5 Å². The molecule has 266 valence electrons. The second-order valence-corrected chi connectivity index (χ2v) is 14.2. The van der Waals surface area contributed by atoms with Crippen LogP contribution in [-0.4, -0.2) is 24.5 Å². The summed E-state index contributed by atoms with van der Waals surface area (Å²) in [6.45, 7) is 0. The van der Waals surface area contributed by atoms with Gasteiger partial charge in [-0.1, -0.05) is 170 Å². The van der Waals surface area contributed by atoms with Crippen LogP contribution in [0.15, 0.2) is 200 Å². The van der Waals surface area contributed by atoms with Crippen molar-refractivity contribution in [2.24, 2.45) is 0 Å². The smallest absolute Gasteiger partial charge is 0.164 e. The maximum absolute atomic E-state index is 5.28. The first kappa shape index (κ1) is 32.7. The Balaban J connectivity index is 1.22. The quantitative estimate of drug-likeness (QED) is 0.160. The van der Waals surface area contributed by atoms with Crippen LogP contribution in [0.1, 0.15) is 0 Å². The largest absolute Gasteiger partial charge is 0.309 e. The molecule has 3 aromatic heterocycles. The van der Waals surface area contributed by atoms with Crippen LogP contribution < -0.4 is 0 Å². The van der Waals surface area contributed by atoms with Gasteiger partial charge in [-0.25, -0.2) is 19.9 Å². The highest BCUT2D eigenvalue weighted by Gasteiger charge is 2.22. The van der Waals surface area contributed by atoms with Crippen molar-refractivity contribution in [3.63, 3.8) is 0 Å². The van der Waals surface area contributed by atoms with E-state index in [1.807, 2.05) is 60.7 Å². The van der Waals surface area contributed by atoms with Gasteiger partial charge in [-0.3, -0.25) is 0 Å². The molecule has 0 aliphatic heterocycles. The molecule has 0 saturated carbocycles. The van der Waals surface area contributed by atoms with Crippen LogP contribution in [0, 0.1) is 0 Å². The first-order chi connectivity index (χ1) is 28.3. The third kappa shape index (κ3) is 5.56. The van der Waals surface area contributed by atoms with Gasteiger partial charge in [0.2, 0.25) is 0 Å². The summed E-state index contributed by atoms with van der Waals surface area (Å²) in [6, 6.07) is 69.8. The van der Waals surface area contributed by atoms with Gasteiger partial charge in [0.1, 0.15) is 0 Å². The van der Waals surface area contributed by atoms with Crippen LogP contribution in [0.3, 0.4) is 0 Å². The minimum absolute atomic E-state index is 0.619. The molecule has 0 aliphatic rings. The number of fused-ring (bicyclic) bond motifs is 6. The van der Waals surface area contributed by atoms with E-state index < -0.39 is 0 Å². The lowest BCUT2D eigenvalue weighted by atomic mass is 9.95. The number of pyridine rings is 1. The van der Waals surface area contributed by atoms with Gasteiger partial charge in [-0.15, -0.1) is 0 Å². The molecule has 11 aromatic rings. The molecule has 8 aromatic carbocycles. The molecule has 0 aliphatic carbocycles. The molecule has 0 bridgehead atoms. The van der Waals surface area contributed by atoms with Crippen molar-refractivity contribution >= 4 is 43.5 Å². The Bertz CT molecular complexity index is 3210. The Morgan fingerprint density at radius 3 is 1.53 bits per heavy atom. The summed E-state index contributed by atoms with van der Waals surface area (Å²) in [5, 5.41) is 5.76. The molecule has 0 N–H and O–H groups in total. The van der Waals surface area contributed by atoms with Crippen molar-refractivity contribution in [2.45, 2.75) is 0 Å². The van der Waals surface area contributed by atoms with Gasteiger partial charge < -0.3 is 4.57 Å². The van der Waals surface area contributed by atoms with Crippen LogP contribution in [0.2, 0.25) is 0 Å². The van der Waals surface area contributed by atoms with Gasteiger partial charge in [0, 0.05) is 55.0 Å². The van der Waals surface area contributed by atoms with Crippen LogP contribution in [0.5, 0.6) is 0 Å². The second kappa shape index (κ2) is 13.5. The fourth-order valence-corrected chi connectivity index (χ4v) is 8.23. The van der Waals surface area contributed by atoms with Gasteiger partial charge >= 0.3 is 0 Å². The number of benzene rings is 8. The monoisotopic (exact) mass is 727 g/mol.